The minimum Gasteiger partial charge on any atom is -0.465 e. The van der Waals surface area contributed by atoms with Gasteiger partial charge in [0.2, 0.25) is 5.91 Å². The van der Waals surface area contributed by atoms with Crippen LogP contribution in [-0.2, 0) is 21.6 Å². The molecular weight excluding hydrogens is 650 g/mol. The number of hydrogen-bond acceptors (Lipinski definition) is 8. The van der Waals surface area contributed by atoms with Crippen LogP contribution in [-0.4, -0.2) is 59.2 Å². The number of aliphatic hydroxyl groups is 1. The average Bonchev–Trinajstić information content (AvgIpc) is 3.50. The van der Waals surface area contributed by atoms with Crippen molar-refractivity contribution >= 4 is 46.5 Å². The zero-order valence-corrected chi connectivity index (χ0v) is 27.2. The number of amides is 1. The van der Waals surface area contributed by atoms with E-state index in [0.717, 1.165) is 38.2 Å². The second-order valence-corrected chi connectivity index (χ2v) is 13.3. The van der Waals surface area contributed by atoms with Crippen molar-refractivity contribution in [2.75, 3.05) is 25.6 Å². The summed E-state index contributed by atoms with van der Waals surface area (Å²) in [4.78, 5) is 40.2. The second kappa shape index (κ2) is 13.5. The van der Waals surface area contributed by atoms with Gasteiger partial charge in [0.1, 0.15) is 11.4 Å². The average molecular weight is 686 g/mol. The lowest BCUT2D eigenvalue weighted by molar-refractivity contribution is -0.385. The molecule has 1 amide bonds. The number of anilines is 1. The van der Waals surface area contributed by atoms with Gasteiger partial charge in [0, 0.05) is 53.0 Å². The molecule has 0 bridgehead atoms. The van der Waals surface area contributed by atoms with Crippen LogP contribution in [0.2, 0.25) is 10.0 Å². The summed E-state index contributed by atoms with van der Waals surface area (Å²) in [6, 6.07) is 12.3. The lowest BCUT2D eigenvalue weighted by Gasteiger charge is -2.41. The molecule has 2 aliphatic heterocycles. The van der Waals surface area contributed by atoms with Crippen molar-refractivity contribution in [3.63, 3.8) is 0 Å². The summed E-state index contributed by atoms with van der Waals surface area (Å²) in [6.07, 6.45) is 5.13. The summed E-state index contributed by atoms with van der Waals surface area (Å²) in [7, 11) is 1.19. The fourth-order valence-corrected chi connectivity index (χ4v) is 8.28. The summed E-state index contributed by atoms with van der Waals surface area (Å²) in [5, 5.41) is 29.9. The lowest BCUT2D eigenvalue weighted by atomic mass is 9.73. The van der Waals surface area contributed by atoms with Crippen LogP contribution >= 0.6 is 23.2 Å². The number of esters is 1. The number of benzene rings is 3. The van der Waals surface area contributed by atoms with Gasteiger partial charge in [-0.1, -0.05) is 66.7 Å². The Morgan fingerprint density at radius 3 is 2.64 bits per heavy atom. The van der Waals surface area contributed by atoms with Gasteiger partial charge < -0.3 is 20.5 Å². The number of rotatable bonds is 9. The first-order valence-electron chi connectivity index (χ1n) is 15.6. The van der Waals surface area contributed by atoms with E-state index in [1.54, 1.807) is 30.3 Å². The van der Waals surface area contributed by atoms with Crippen molar-refractivity contribution in [1.29, 1.82) is 0 Å². The van der Waals surface area contributed by atoms with Crippen LogP contribution < -0.4 is 10.6 Å². The number of hydrogen-bond donors (Lipinski definition) is 3. The zero-order chi connectivity index (χ0) is 33.5. The van der Waals surface area contributed by atoms with E-state index < -0.39 is 40.3 Å². The summed E-state index contributed by atoms with van der Waals surface area (Å²) < 4.78 is 20.9. The SMILES string of the molecule is COC(=O)c1ccc(CN[C@@H]2[C@H](CO)N(CC3CCCCC3)[C@@]3(C(=O)Nc4cc(Cl)ccc43)[C@H]2c2cccc(Cl)c2F)c([N+](=O)[O-])c1. The van der Waals surface area contributed by atoms with E-state index in [1.807, 2.05) is 4.90 Å². The standard InChI is InChI=1S/C34H35Cl2FN4O6/c1-47-32(43)20-10-11-21(27(14-20)41(45)46)16-38-31-28(18-42)40(17-19-6-3-2-4-7-19)34(29(31)23-8-5-9-25(36)30(23)37)24-13-12-22(35)15-26(24)39-33(34)44/h5,8-15,19,28-29,31,38,42H,2-4,6-7,16-18H2,1H3,(H,39,44)/t28-,29-,31+,34+/m0/s1. The Kier molecular flexibility index (Phi) is 9.55. The van der Waals surface area contributed by atoms with Gasteiger partial charge in [-0.15, -0.1) is 0 Å². The maximum Gasteiger partial charge on any atom is 0.338 e. The number of nitro groups is 1. The predicted octanol–water partition coefficient (Wildman–Crippen LogP) is 6.17. The number of nitro benzene ring substituents is 1. The van der Waals surface area contributed by atoms with E-state index >= 15 is 4.39 Å². The molecule has 3 aliphatic rings. The first kappa shape index (κ1) is 33.3. The quantitative estimate of drug-likeness (QED) is 0.138. The largest absolute Gasteiger partial charge is 0.465 e. The van der Waals surface area contributed by atoms with Crippen LogP contribution in [0.1, 0.15) is 65.1 Å². The molecule has 248 valence electrons. The van der Waals surface area contributed by atoms with Crippen LogP contribution in [0, 0.1) is 21.8 Å². The number of fused-ring (bicyclic) bond motifs is 2. The molecule has 10 nitrogen and oxygen atoms in total. The Bertz CT molecular complexity index is 1720. The van der Waals surface area contributed by atoms with E-state index in [9.17, 15) is 24.8 Å². The molecule has 1 spiro atoms. The van der Waals surface area contributed by atoms with Crippen molar-refractivity contribution in [3.05, 3.63) is 103 Å². The van der Waals surface area contributed by atoms with Gasteiger partial charge in [-0.05, 0) is 48.6 Å². The van der Waals surface area contributed by atoms with Crippen molar-refractivity contribution in [2.45, 2.75) is 62.2 Å². The van der Waals surface area contributed by atoms with E-state index in [2.05, 4.69) is 10.6 Å². The Morgan fingerprint density at radius 1 is 1.17 bits per heavy atom. The highest BCUT2D eigenvalue weighted by Gasteiger charge is 2.67. The predicted molar refractivity (Wildman–Crippen MR) is 175 cm³/mol. The first-order valence-corrected chi connectivity index (χ1v) is 16.4. The Labute approximate surface area is 281 Å². The third kappa shape index (κ3) is 5.78. The van der Waals surface area contributed by atoms with Crippen LogP contribution in [0.5, 0.6) is 0 Å². The number of carbonyl (C=O) groups excluding carboxylic acids is 2. The van der Waals surface area contributed by atoms with Gasteiger partial charge >= 0.3 is 5.97 Å². The number of carbonyl (C=O) groups is 2. The van der Waals surface area contributed by atoms with E-state index in [-0.39, 0.29) is 52.4 Å². The van der Waals surface area contributed by atoms with Crippen LogP contribution in [0.3, 0.4) is 0 Å². The van der Waals surface area contributed by atoms with Gasteiger partial charge in [-0.25, -0.2) is 9.18 Å². The lowest BCUT2D eigenvalue weighted by Crippen LogP contribution is -2.54. The van der Waals surface area contributed by atoms with Gasteiger partial charge in [0.15, 0.2) is 0 Å². The highest BCUT2D eigenvalue weighted by molar-refractivity contribution is 6.31. The molecule has 1 aliphatic carbocycles. The van der Waals surface area contributed by atoms with E-state index in [1.165, 1.54) is 25.3 Å². The normalized spacial score (nSPS) is 24.4. The molecule has 2 fully saturated rings. The van der Waals surface area contributed by atoms with Crippen molar-refractivity contribution in [1.82, 2.24) is 10.2 Å². The fourth-order valence-electron chi connectivity index (χ4n) is 7.93. The van der Waals surface area contributed by atoms with Gasteiger partial charge in [-0.2, -0.15) is 0 Å². The summed E-state index contributed by atoms with van der Waals surface area (Å²) in [5.74, 6) is -2.49. The molecule has 1 saturated carbocycles. The van der Waals surface area contributed by atoms with Crippen molar-refractivity contribution in [3.8, 4) is 0 Å². The Morgan fingerprint density at radius 2 is 1.94 bits per heavy atom. The third-order valence-electron chi connectivity index (χ3n) is 9.98. The maximum absolute atomic E-state index is 16.2. The fraction of sp³-hybridized carbons (Fsp3) is 0.412. The molecule has 1 saturated heterocycles. The Hall–Kier alpha value is -3.61. The summed E-state index contributed by atoms with van der Waals surface area (Å²) in [5.41, 5.74) is -0.240. The van der Waals surface area contributed by atoms with Crippen molar-refractivity contribution < 1.29 is 28.7 Å². The van der Waals surface area contributed by atoms with Gasteiger partial charge in [-0.3, -0.25) is 19.8 Å². The molecular formula is C34H35Cl2FN4O6. The molecule has 6 rings (SSSR count). The molecule has 0 radical (unpaired) electrons. The molecule has 3 aromatic rings. The number of methoxy groups -OCH3 is 1. The molecule has 3 aromatic carbocycles. The zero-order valence-electron chi connectivity index (χ0n) is 25.7. The summed E-state index contributed by atoms with van der Waals surface area (Å²) in [6.45, 7) is -0.00396. The number of nitrogens with one attached hydrogen (secondary N) is 2. The highest BCUT2D eigenvalue weighted by Crippen LogP contribution is 2.58. The maximum atomic E-state index is 16.2. The van der Waals surface area contributed by atoms with Crippen molar-refractivity contribution in [2.24, 2.45) is 5.92 Å². The minimum atomic E-state index is -1.48. The van der Waals surface area contributed by atoms with Gasteiger partial charge in [0.05, 0.1) is 35.3 Å². The molecule has 4 atom stereocenters. The van der Waals surface area contributed by atoms with Crippen LogP contribution in [0.25, 0.3) is 0 Å². The number of nitrogens with zero attached hydrogens (tertiary/aromatic N) is 2. The smallest absolute Gasteiger partial charge is 0.338 e. The van der Waals surface area contributed by atoms with Gasteiger partial charge in [0.25, 0.3) is 5.69 Å². The number of aliphatic hydroxyl groups excluding tert-OH is 1. The molecule has 3 N–H and O–H groups in total. The molecule has 47 heavy (non-hydrogen) atoms. The van der Waals surface area contributed by atoms with E-state index in [4.69, 9.17) is 27.9 Å². The first-order chi connectivity index (χ1) is 22.6. The number of halogens is 3. The molecule has 2 heterocycles. The van der Waals surface area contributed by atoms with Crippen LogP contribution in [0.4, 0.5) is 15.8 Å². The molecule has 13 heteroatoms. The number of likely N-dealkylation sites (tertiary alicyclic amines) is 1. The molecule has 0 aromatic heterocycles. The second-order valence-electron chi connectivity index (χ2n) is 12.4. The van der Waals surface area contributed by atoms with Crippen LogP contribution in [0.15, 0.2) is 54.6 Å². The summed E-state index contributed by atoms with van der Waals surface area (Å²) >= 11 is 12.7. The Balaban J connectivity index is 1.52. The number of ether oxygens (including phenoxy) is 1. The highest BCUT2D eigenvalue weighted by atomic mass is 35.5. The minimum absolute atomic E-state index is 0.0198. The topological polar surface area (TPSA) is 134 Å². The third-order valence-corrected chi connectivity index (χ3v) is 10.5. The molecule has 0 unspecified atom stereocenters. The monoisotopic (exact) mass is 684 g/mol. The van der Waals surface area contributed by atoms with E-state index in [0.29, 0.717) is 22.8 Å².